The fourth-order valence-corrected chi connectivity index (χ4v) is 3.19. The van der Waals surface area contributed by atoms with Crippen molar-refractivity contribution < 1.29 is 0 Å². The number of hydrogen-bond donors (Lipinski definition) is 2. The summed E-state index contributed by atoms with van der Waals surface area (Å²) in [5, 5.41) is 3.82. The molecule has 3 N–H and O–H groups in total. The average Bonchev–Trinajstić information content (AvgIpc) is 2.04. The topological polar surface area (TPSA) is 38.0 Å². The van der Waals surface area contributed by atoms with Gasteiger partial charge in [-0.3, -0.25) is 0 Å². The summed E-state index contributed by atoms with van der Waals surface area (Å²) in [7, 11) is 0. The Hall–Kier alpha value is -0.0800. The molecular formula is C14H30N2. The van der Waals surface area contributed by atoms with Gasteiger partial charge in [-0.2, -0.15) is 0 Å². The molecule has 16 heavy (non-hydrogen) atoms. The highest BCUT2D eigenvalue weighted by Gasteiger charge is 2.29. The van der Waals surface area contributed by atoms with Crippen LogP contribution >= 0.6 is 0 Å². The van der Waals surface area contributed by atoms with Gasteiger partial charge in [0.05, 0.1) is 0 Å². The molecule has 0 aromatic heterocycles. The van der Waals surface area contributed by atoms with Crippen LogP contribution in [0.25, 0.3) is 0 Å². The van der Waals surface area contributed by atoms with Crippen LogP contribution in [0.2, 0.25) is 0 Å². The van der Waals surface area contributed by atoms with Crippen LogP contribution < -0.4 is 11.1 Å². The third-order valence-electron chi connectivity index (χ3n) is 3.34. The Balaban J connectivity index is 2.40. The Kier molecular flexibility index (Phi) is 4.42. The van der Waals surface area contributed by atoms with Crippen molar-refractivity contribution in [3.63, 3.8) is 0 Å². The van der Waals surface area contributed by atoms with Gasteiger partial charge in [0.25, 0.3) is 0 Å². The number of nitrogens with one attached hydrogen (secondary N) is 1. The molecule has 1 aliphatic rings. The van der Waals surface area contributed by atoms with Crippen molar-refractivity contribution in [1.29, 1.82) is 0 Å². The van der Waals surface area contributed by atoms with Crippen LogP contribution in [0.15, 0.2) is 0 Å². The molecule has 1 rings (SSSR count). The first-order chi connectivity index (χ1) is 7.18. The van der Waals surface area contributed by atoms with Gasteiger partial charge >= 0.3 is 0 Å². The van der Waals surface area contributed by atoms with E-state index < -0.39 is 0 Å². The standard InChI is InChI=1S/C14H30N2/c1-13(2,3)10-14(4,5)16-12-8-6-11(15)7-9-12/h11-12,16H,6-10,15H2,1-5H3. The number of nitrogens with two attached hydrogens (primary N) is 1. The summed E-state index contributed by atoms with van der Waals surface area (Å²) in [5.74, 6) is 0. The summed E-state index contributed by atoms with van der Waals surface area (Å²) in [6, 6.07) is 1.13. The Morgan fingerprint density at radius 3 is 1.94 bits per heavy atom. The zero-order valence-corrected chi connectivity index (χ0v) is 11.8. The Labute approximate surface area is 101 Å². The molecule has 0 radical (unpaired) electrons. The van der Waals surface area contributed by atoms with Crippen LogP contribution in [0.3, 0.4) is 0 Å². The molecule has 0 aliphatic heterocycles. The van der Waals surface area contributed by atoms with Crippen molar-refractivity contribution in [3.8, 4) is 0 Å². The maximum Gasteiger partial charge on any atom is 0.0132 e. The normalized spacial score (nSPS) is 28.1. The summed E-state index contributed by atoms with van der Waals surface area (Å²) in [4.78, 5) is 0. The predicted octanol–water partition coefficient (Wildman–Crippen LogP) is 3.06. The van der Waals surface area contributed by atoms with Gasteiger partial charge in [-0.05, 0) is 51.4 Å². The van der Waals surface area contributed by atoms with Gasteiger partial charge in [-0.25, -0.2) is 0 Å². The van der Waals surface area contributed by atoms with Gasteiger partial charge in [0, 0.05) is 17.6 Å². The van der Waals surface area contributed by atoms with Crippen LogP contribution in [0.4, 0.5) is 0 Å². The summed E-state index contributed by atoms with van der Waals surface area (Å²) in [6.45, 7) is 11.6. The molecule has 0 bridgehead atoms. The first kappa shape index (κ1) is 14.0. The van der Waals surface area contributed by atoms with Gasteiger partial charge in [0.2, 0.25) is 0 Å². The van der Waals surface area contributed by atoms with E-state index in [0.29, 0.717) is 17.5 Å². The maximum absolute atomic E-state index is 5.93. The van der Waals surface area contributed by atoms with E-state index in [-0.39, 0.29) is 5.54 Å². The summed E-state index contributed by atoms with van der Waals surface area (Å²) >= 11 is 0. The lowest BCUT2D eigenvalue weighted by Crippen LogP contribution is -2.50. The molecule has 0 atom stereocenters. The first-order valence-electron chi connectivity index (χ1n) is 6.71. The average molecular weight is 226 g/mol. The smallest absolute Gasteiger partial charge is 0.0132 e. The zero-order chi connectivity index (χ0) is 12.4. The molecule has 1 saturated carbocycles. The van der Waals surface area contributed by atoms with Gasteiger partial charge < -0.3 is 11.1 Å². The van der Waals surface area contributed by atoms with Gasteiger partial charge in [0.15, 0.2) is 0 Å². The van der Waals surface area contributed by atoms with E-state index in [1.54, 1.807) is 0 Å². The van der Waals surface area contributed by atoms with Gasteiger partial charge in [0.1, 0.15) is 0 Å². The van der Waals surface area contributed by atoms with Crippen molar-refractivity contribution in [2.45, 2.75) is 84.3 Å². The third-order valence-corrected chi connectivity index (χ3v) is 3.34. The lowest BCUT2D eigenvalue weighted by atomic mass is 9.80. The molecule has 1 aliphatic carbocycles. The highest BCUT2D eigenvalue weighted by molar-refractivity contribution is 4.89. The quantitative estimate of drug-likeness (QED) is 0.776. The van der Waals surface area contributed by atoms with Crippen molar-refractivity contribution in [2.24, 2.45) is 11.1 Å². The minimum absolute atomic E-state index is 0.240. The highest BCUT2D eigenvalue weighted by atomic mass is 15.0. The molecule has 0 saturated heterocycles. The molecule has 0 aromatic rings. The molecule has 96 valence electrons. The fraction of sp³-hybridized carbons (Fsp3) is 1.00. The van der Waals surface area contributed by atoms with Crippen LogP contribution in [-0.2, 0) is 0 Å². The minimum Gasteiger partial charge on any atom is -0.328 e. The van der Waals surface area contributed by atoms with Crippen LogP contribution in [0.5, 0.6) is 0 Å². The molecular weight excluding hydrogens is 196 g/mol. The van der Waals surface area contributed by atoms with Crippen molar-refractivity contribution in [1.82, 2.24) is 5.32 Å². The van der Waals surface area contributed by atoms with Gasteiger partial charge in [-0.1, -0.05) is 20.8 Å². The Bertz CT molecular complexity index is 207. The maximum atomic E-state index is 5.93. The fourth-order valence-electron chi connectivity index (χ4n) is 3.19. The molecule has 0 amide bonds. The van der Waals surface area contributed by atoms with E-state index in [9.17, 15) is 0 Å². The van der Waals surface area contributed by atoms with Crippen molar-refractivity contribution in [3.05, 3.63) is 0 Å². The van der Waals surface area contributed by atoms with Gasteiger partial charge in [-0.15, -0.1) is 0 Å². The third kappa shape index (κ3) is 5.31. The van der Waals surface area contributed by atoms with Crippen LogP contribution in [0.1, 0.15) is 66.7 Å². The van der Waals surface area contributed by atoms with E-state index >= 15 is 0 Å². The van der Waals surface area contributed by atoms with E-state index in [4.69, 9.17) is 5.73 Å². The molecule has 0 aromatic carbocycles. The second-order valence-electron chi connectivity index (χ2n) is 7.38. The van der Waals surface area contributed by atoms with Crippen LogP contribution in [-0.4, -0.2) is 17.6 Å². The van der Waals surface area contributed by atoms with E-state index in [1.807, 2.05) is 0 Å². The van der Waals surface area contributed by atoms with Crippen molar-refractivity contribution >= 4 is 0 Å². The molecule has 1 fully saturated rings. The molecule has 0 spiro atoms. The predicted molar refractivity (Wildman–Crippen MR) is 71.5 cm³/mol. The second kappa shape index (κ2) is 5.05. The number of hydrogen-bond acceptors (Lipinski definition) is 2. The van der Waals surface area contributed by atoms with Crippen molar-refractivity contribution in [2.75, 3.05) is 0 Å². The molecule has 2 heteroatoms. The van der Waals surface area contributed by atoms with E-state index in [0.717, 1.165) is 0 Å². The molecule has 2 nitrogen and oxygen atoms in total. The largest absolute Gasteiger partial charge is 0.328 e. The summed E-state index contributed by atoms with van der Waals surface area (Å²) in [5.41, 5.74) is 6.57. The lowest BCUT2D eigenvalue weighted by Gasteiger charge is -2.39. The van der Waals surface area contributed by atoms with E-state index in [2.05, 4.69) is 39.9 Å². The minimum atomic E-state index is 0.240. The second-order valence-corrected chi connectivity index (χ2v) is 7.38. The molecule has 0 unspecified atom stereocenters. The summed E-state index contributed by atoms with van der Waals surface area (Å²) < 4.78 is 0. The highest BCUT2D eigenvalue weighted by Crippen LogP contribution is 2.28. The Morgan fingerprint density at radius 2 is 1.50 bits per heavy atom. The SMILES string of the molecule is CC(C)(C)CC(C)(C)NC1CCC(N)CC1. The Morgan fingerprint density at radius 1 is 1.00 bits per heavy atom. The van der Waals surface area contributed by atoms with Crippen LogP contribution in [0, 0.1) is 5.41 Å². The first-order valence-corrected chi connectivity index (χ1v) is 6.71. The van der Waals surface area contributed by atoms with E-state index in [1.165, 1.54) is 32.1 Å². The molecule has 0 heterocycles. The summed E-state index contributed by atoms with van der Waals surface area (Å²) in [6.07, 6.45) is 6.07. The number of rotatable bonds is 3. The lowest BCUT2D eigenvalue weighted by molar-refractivity contribution is 0.200. The zero-order valence-electron chi connectivity index (χ0n) is 11.8. The monoisotopic (exact) mass is 226 g/mol.